The van der Waals surface area contributed by atoms with Gasteiger partial charge in [0.2, 0.25) is 0 Å². The van der Waals surface area contributed by atoms with Crippen molar-refractivity contribution >= 4 is 22.4 Å². The highest BCUT2D eigenvalue weighted by Gasteiger charge is 2.20. The van der Waals surface area contributed by atoms with Gasteiger partial charge in [-0.15, -0.1) is 0 Å². The molecule has 1 amide bonds. The minimum atomic E-state index is -0.236. The summed E-state index contributed by atoms with van der Waals surface area (Å²) in [6, 6.07) is 14.1. The molecule has 0 saturated carbocycles. The third-order valence-electron chi connectivity index (χ3n) is 4.51. The average molecular weight is 320 g/mol. The zero-order valence-electron chi connectivity index (χ0n) is 13.1. The first-order chi connectivity index (χ1) is 11.7. The van der Waals surface area contributed by atoms with E-state index in [0.29, 0.717) is 18.7 Å². The van der Waals surface area contributed by atoms with Crippen molar-refractivity contribution in [3.63, 3.8) is 0 Å². The number of aromatic amines is 1. The molecule has 0 fully saturated rings. The summed E-state index contributed by atoms with van der Waals surface area (Å²) >= 11 is 0. The Morgan fingerprint density at radius 2 is 1.96 bits per heavy atom. The van der Waals surface area contributed by atoms with Crippen molar-refractivity contribution in [1.29, 1.82) is 0 Å². The lowest BCUT2D eigenvalue weighted by molar-refractivity contribution is 0.0773. The summed E-state index contributed by atoms with van der Waals surface area (Å²) in [6.45, 7) is 1.24. The van der Waals surface area contributed by atoms with Crippen LogP contribution in [0.5, 0.6) is 0 Å². The van der Waals surface area contributed by atoms with Crippen molar-refractivity contribution in [1.82, 2.24) is 9.88 Å². The summed E-state index contributed by atoms with van der Waals surface area (Å²) < 4.78 is 13.5. The van der Waals surface area contributed by atoms with Crippen LogP contribution in [0.3, 0.4) is 0 Å². The van der Waals surface area contributed by atoms with Crippen LogP contribution in [-0.2, 0) is 0 Å². The highest BCUT2D eigenvalue weighted by Crippen LogP contribution is 2.30. The maximum Gasteiger partial charge on any atom is 0.254 e. The fraction of sp³-hybridized carbons (Fsp3) is 0.150. The summed E-state index contributed by atoms with van der Waals surface area (Å²) in [5.41, 5.74) is 3.82. The summed E-state index contributed by atoms with van der Waals surface area (Å²) in [5.74, 6) is -0.184. The molecule has 24 heavy (non-hydrogen) atoms. The molecule has 3 nitrogen and oxygen atoms in total. The van der Waals surface area contributed by atoms with Gasteiger partial charge in [0.05, 0.1) is 0 Å². The van der Waals surface area contributed by atoms with Gasteiger partial charge in [-0.05, 0) is 42.3 Å². The number of benzene rings is 2. The molecule has 0 aliphatic carbocycles. The zero-order valence-corrected chi connectivity index (χ0v) is 13.1. The lowest BCUT2D eigenvalue weighted by Gasteiger charge is -2.26. The number of halogens is 1. The molecule has 1 aromatic heterocycles. The van der Waals surface area contributed by atoms with Gasteiger partial charge in [-0.1, -0.05) is 24.3 Å². The van der Waals surface area contributed by atoms with E-state index in [4.69, 9.17) is 0 Å². The molecule has 2 aromatic carbocycles. The molecule has 120 valence electrons. The van der Waals surface area contributed by atoms with E-state index in [9.17, 15) is 9.18 Å². The number of H-pyrrole nitrogens is 1. The molecular weight excluding hydrogens is 303 g/mol. The number of rotatable bonds is 2. The normalized spacial score (nSPS) is 14.7. The number of fused-ring (bicyclic) bond motifs is 1. The van der Waals surface area contributed by atoms with Gasteiger partial charge in [-0.2, -0.15) is 0 Å². The van der Waals surface area contributed by atoms with Crippen LogP contribution in [0.25, 0.3) is 16.5 Å². The maximum absolute atomic E-state index is 13.5. The van der Waals surface area contributed by atoms with Crippen molar-refractivity contribution in [3.8, 4) is 0 Å². The molecule has 0 saturated heterocycles. The van der Waals surface area contributed by atoms with Crippen molar-refractivity contribution in [2.75, 3.05) is 13.1 Å². The highest BCUT2D eigenvalue weighted by molar-refractivity contribution is 5.96. The second kappa shape index (κ2) is 5.96. The highest BCUT2D eigenvalue weighted by atomic mass is 19.1. The monoisotopic (exact) mass is 320 g/mol. The van der Waals surface area contributed by atoms with Crippen LogP contribution in [0.15, 0.2) is 60.8 Å². The molecular formula is C20H17FN2O. The largest absolute Gasteiger partial charge is 0.361 e. The predicted molar refractivity (Wildman–Crippen MR) is 93.2 cm³/mol. The first-order valence-corrected chi connectivity index (χ1v) is 8.03. The van der Waals surface area contributed by atoms with Gasteiger partial charge in [0.1, 0.15) is 5.82 Å². The van der Waals surface area contributed by atoms with Gasteiger partial charge < -0.3 is 9.88 Å². The Labute approximate surface area is 139 Å². The second-order valence-electron chi connectivity index (χ2n) is 5.99. The average Bonchev–Trinajstić information content (AvgIpc) is 3.05. The zero-order chi connectivity index (χ0) is 16.5. The Morgan fingerprint density at radius 1 is 1.12 bits per heavy atom. The van der Waals surface area contributed by atoms with Crippen LogP contribution < -0.4 is 0 Å². The van der Waals surface area contributed by atoms with Crippen LogP contribution in [0, 0.1) is 5.82 Å². The molecule has 3 aromatic rings. The number of hydrogen-bond acceptors (Lipinski definition) is 1. The van der Waals surface area contributed by atoms with Crippen molar-refractivity contribution in [2.24, 2.45) is 0 Å². The molecule has 0 radical (unpaired) electrons. The van der Waals surface area contributed by atoms with E-state index in [1.165, 1.54) is 6.07 Å². The second-order valence-corrected chi connectivity index (χ2v) is 5.99. The lowest BCUT2D eigenvalue weighted by atomic mass is 9.98. The fourth-order valence-corrected chi connectivity index (χ4v) is 3.22. The third-order valence-corrected chi connectivity index (χ3v) is 4.51. The van der Waals surface area contributed by atoms with E-state index in [2.05, 4.69) is 11.1 Å². The fourth-order valence-electron chi connectivity index (χ4n) is 3.22. The number of amides is 1. The van der Waals surface area contributed by atoms with E-state index in [-0.39, 0.29) is 11.7 Å². The Bertz CT molecular complexity index is 927. The molecule has 0 bridgehead atoms. The molecule has 1 N–H and O–H groups in total. The Kier molecular flexibility index (Phi) is 3.65. The minimum Gasteiger partial charge on any atom is -0.361 e. The van der Waals surface area contributed by atoms with Crippen molar-refractivity contribution < 1.29 is 9.18 Å². The minimum absolute atomic E-state index is 0.0517. The van der Waals surface area contributed by atoms with Crippen LogP contribution >= 0.6 is 0 Å². The number of aromatic nitrogens is 1. The summed E-state index contributed by atoms with van der Waals surface area (Å²) in [6.07, 6.45) is 4.75. The summed E-state index contributed by atoms with van der Waals surface area (Å²) in [5, 5.41) is 0.893. The van der Waals surface area contributed by atoms with E-state index in [1.54, 1.807) is 12.1 Å². The SMILES string of the molecule is O=C(c1ccccc1)N1CC=C(c2c[nH]c3ccc(F)cc23)CC1. The quantitative estimate of drug-likeness (QED) is 0.753. The number of nitrogens with one attached hydrogen (secondary N) is 1. The molecule has 4 rings (SSSR count). The van der Waals surface area contributed by atoms with Gasteiger partial charge >= 0.3 is 0 Å². The lowest BCUT2D eigenvalue weighted by Crippen LogP contribution is -2.34. The number of carbonyl (C=O) groups excluding carboxylic acids is 1. The Hall–Kier alpha value is -2.88. The topological polar surface area (TPSA) is 36.1 Å². The molecule has 0 spiro atoms. The molecule has 2 heterocycles. The third kappa shape index (κ3) is 2.60. The van der Waals surface area contributed by atoms with Crippen LogP contribution in [0.2, 0.25) is 0 Å². The van der Waals surface area contributed by atoms with Gasteiger partial charge in [-0.25, -0.2) is 4.39 Å². The summed E-state index contributed by atoms with van der Waals surface area (Å²) in [7, 11) is 0. The van der Waals surface area contributed by atoms with Gasteiger partial charge in [0.25, 0.3) is 5.91 Å². The molecule has 1 aliphatic heterocycles. The van der Waals surface area contributed by atoms with E-state index >= 15 is 0 Å². The van der Waals surface area contributed by atoms with Gasteiger partial charge in [0.15, 0.2) is 0 Å². The number of nitrogens with zero attached hydrogens (tertiary/aromatic N) is 1. The first kappa shape index (κ1) is 14.7. The van der Waals surface area contributed by atoms with Crippen LogP contribution in [0.1, 0.15) is 22.3 Å². The predicted octanol–water partition coefficient (Wildman–Crippen LogP) is 4.24. The van der Waals surface area contributed by atoms with Crippen LogP contribution in [-0.4, -0.2) is 28.9 Å². The summed E-state index contributed by atoms with van der Waals surface area (Å²) in [4.78, 5) is 17.5. The molecule has 0 atom stereocenters. The first-order valence-electron chi connectivity index (χ1n) is 8.03. The standard InChI is InChI=1S/C20H17FN2O/c21-16-6-7-19-17(12-16)18(13-22-19)14-8-10-23(11-9-14)20(24)15-4-2-1-3-5-15/h1-8,12-13,22H,9-11H2. The molecule has 4 heteroatoms. The Morgan fingerprint density at radius 3 is 2.71 bits per heavy atom. The molecule has 1 aliphatic rings. The van der Waals surface area contributed by atoms with E-state index in [1.807, 2.05) is 41.4 Å². The smallest absolute Gasteiger partial charge is 0.254 e. The van der Waals surface area contributed by atoms with E-state index < -0.39 is 0 Å². The number of carbonyl (C=O) groups is 1. The van der Waals surface area contributed by atoms with Crippen molar-refractivity contribution in [2.45, 2.75) is 6.42 Å². The maximum atomic E-state index is 13.5. The number of hydrogen-bond donors (Lipinski definition) is 1. The van der Waals surface area contributed by atoms with Crippen molar-refractivity contribution in [3.05, 3.63) is 77.7 Å². The van der Waals surface area contributed by atoms with Crippen LogP contribution in [0.4, 0.5) is 4.39 Å². The van der Waals surface area contributed by atoms with Gasteiger partial charge in [-0.3, -0.25) is 4.79 Å². The Balaban J connectivity index is 1.58. The van der Waals surface area contributed by atoms with Gasteiger partial charge in [0, 0.05) is 41.3 Å². The molecule has 0 unspecified atom stereocenters. The van der Waals surface area contributed by atoms with E-state index in [0.717, 1.165) is 28.5 Å².